The monoisotopic (exact) mass is 329 g/mol. The van der Waals surface area contributed by atoms with E-state index >= 15 is 0 Å². The molecule has 3 aromatic rings. The third kappa shape index (κ3) is 2.70. The Balaban J connectivity index is 1.83. The summed E-state index contributed by atoms with van der Waals surface area (Å²) in [4.78, 5) is 8.07. The molecule has 1 heterocycles. The van der Waals surface area contributed by atoms with Crippen molar-refractivity contribution in [1.29, 1.82) is 0 Å². The maximum absolute atomic E-state index is 5.80. The van der Waals surface area contributed by atoms with Gasteiger partial charge in [-0.25, -0.2) is 4.98 Å². The van der Waals surface area contributed by atoms with Crippen LogP contribution in [0.1, 0.15) is 17.0 Å². The molecule has 0 atom stereocenters. The Morgan fingerprint density at radius 3 is 2.85 bits per heavy atom. The number of nitrogens with one attached hydrogen (secondary N) is 1. The van der Waals surface area contributed by atoms with Crippen LogP contribution in [0.3, 0.4) is 0 Å². The second-order valence-corrected chi connectivity index (χ2v) is 5.96. The van der Waals surface area contributed by atoms with Crippen molar-refractivity contribution in [2.45, 2.75) is 19.8 Å². The lowest BCUT2D eigenvalue weighted by atomic mass is 10.1. The van der Waals surface area contributed by atoms with Crippen molar-refractivity contribution >= 4 is 32.7 Å². The summed E-state index contributed by atoms with van der Waals surface area (Å²) in [6.45, 7) is 2.08. The minimum Gasteiger partial charge on any atom is -0.399 e. The van der Waals surface area contributed by atoms with Gasteiger partial charge in [0.1, 0.15) is 5.82 Å². The number of hydrogen-bond donors (Lipinski definition) is 2. The standard InChI is InChI=1S/C16H16BrN3/c1-10-7-12(17)9-14-16(10)20-15(19-14)6-5-11-3-2-4-13(18)8-11/h2-4,7-9H,5-6,18H2,1H3,(H,19,20). The molecular weight excluding hydrogens is 314 g/mol. The van der Waals surface area contributed by atoms with E-state index in [9.17, 15) is 0 Å². The first-order valence-corrected chi connectivity index (χ1v) is 7.40. The van der Waals surface area contributed by atoms with Gasteiger partial charge in [0.05, 0.1) is 11.0 Å². The van der Waals surface area contributed by atoms with Crippen molar-refractivity contribution in [3.63, 3.8) is 0 Å². The molecule has 2 aromatic carbocycles. The average molecular weight is 330 g/mol. The summed E-state index contributed by atoms with van der Waals surface area (Å²) < 4.78 is 1.08. The molecule has 0 saturated heterocycles. The molecule has 0 aliphatic rings. The van der Waals surface area contributed by atoms with Gasteiger partial charge in [-0.2, -0.15) is 0 Å². The molecule has 0 fully saturated rings. The highest BCUT2D eigenvalue weighted by molar-refractivity contribution is 9.10. The predicted octanol–water partition coefficient (Wildman–Crippen LogP) is 4.00. The van der Waals surface area contributed by atoms with Gasteiger partial charge in [0.25, 0.3) is 0 Å². The smallest absolute Gasteiger partial charge is 0.107 e. The van der Waals surface area contributed by atoms with E-state index in [1.54, 1.807) is 0 Å². The van der Waals surface area contributed by atoms with E-state index in [-0.39, 0.29) is 0 Å². The summed E-state index contributed by atoms with van der Waals surface area (Å²) in [7, 11) is 0. The van der Waals surface area contributed by atoms with Crippen LogP contribution in [-0.2, 0) is 12.8 Å². The molecule has 0 saturated carbocycles. The molecule has 0 radical (unpaired) electrons. The normalized spacial score (nSPS) is 11.1. The van der Waals surface area contributed by atoms with Crippen LogP contribution in [0.15, 0.2) is 40.9 Å². The zero-order chi connectivity index (χ0) is 14.1. The number of anilines is 1. The van der Waals surface area contributed by atoms with Gasteiger partial charge in [0.2, 0.25) is 0 Å². The van der Waals surface area contributed by atoms with E-state index in [0.29, 0.717) is 0 Å². The summed E-state index contributed by atoms with van der Waals surface area (Å²) in [6.07, 6.45) is 1.82. The molecule has 0 unspecified atom stereocenters. The van der Waals surface area contributed by atoms with E-state index in [1.165, 1.54) is 11.1 Å². The van der Waals surface area contributed by atoms with Gasteiger partial charge in [-0.05, 0) is 48.7 Å². The highest BCUT2D eigenvalue weighted by atomic mass is 79.9. The van der Waals surface area contributed by atoms with Crippen molar-refractivity contribution < 1.29 is 0 Å². The van der Waals surface area contributed by atoms with Crippen LogP contribution in [0.25, 0.3) is 11.0 Å². The molecule has 0 bridgehead atoms. The second kappa shape index (κ2) is 5.29. The minimum atomic E-state index is 0.812. The number of benzene rings is 2. The van der Waals surface area contributed by atoms with Crippen molar-refractivity contribution in [2.24, 2.45) is 0 Å². The first-order valence-electron chi connectivity index (χ1n) is 6.61. The third-order valence-electron chi connectivity index (χ3n) is 3.39. The maximum atomic E-state index is 5.80. The Morgan fingerprint density at radius 2 is 2.05 bits per heavy atom. The number of rotatable bonds is 3. The van der Waals surface area contributed by atoms with E-state index < -0.39 is 0 Å². The van der Waals surface area contributed by atoms with Crippen LogP contribution >= 0.6 is 15.9 Å². The zero-order valence-electron chi connectivity index (χ0n) is 11.3. The number of imidazole rings is 1. The summed E-state index contributed by atoms with van der Waals surface area (Å²) in [6, 6.07) is 12.2. The maximum Gasteiger partial charge on any atom is 0.107 e. The highest BCUT2D eigenvalue weighted by Crippen LogP contribution is 2.22. The molecule has 0 aliphatic heterocycles. The summed E-state index contributed by atoms with van der Waals surface area (Å²) in [5, 5.41) is 0. The Labute approximate surface area is 126 Å². The van der Waals surface area contributed by atoms with E-state index in [4.69, 9.17) is 5.73 Å². The Bertz CT molecular complexity index is 762. The van der Waals surface area contributed by atoms with Gasteiger partial charge < -0.3 is 10.7 Å². The van der Waals surface area contributed by atoms with Gasteiger partial charge in [-0.3, -0.25) is 0 Å². The van der Waals surface area contributed by atoms with Crippen LogP contribution < -0.4 is 5.73 Å². The van der Waals surface area contributed by atoms with Crippen molar-refractivity contribution in [1.82, 2.24) is 9.97 Å². The molecule has 3 N–H and O–H groups in total. The molecular formula is C16H16BrN3. The number of nitrogens with two attached hydrogens (primary N) is 1. The van der Waals surface area contributed by atoms with Gasteiger partial charge in [-0.1, -0.05) is 28.1 Å². The lowest BCUT2D eigenvalue weighted by molar-refractivity contribution is 0.890. The van der Waals surface area contributed by atoms with E-state index in [1.807, 2.05) is 18.2 Å². The number of aromatic amines is 1. The summed E-state index contributed by atoms with van der Waals surface area (Å²) in [5.74, 6) is 1.02. The van der Waals surface area contributed by atoms with Crippen molar-refractivity contribution in [3.8, 4) is 0 Å². The van der Waals surface area contributed by atoms with Gasteiger partial charge >= 0.3 is 0 Å². The lowest BCUT2D eigenvalue weighted by Gasteiger charge is -2.00. The van der Waals surface area contributed by atoms with Crippen molar-refractivity contribution in [3.05, 3.63) is 57.8 Å². The first-order chi connectivity index (χ1) is 9.61. The van der Waals surface area contributed by atoms with Crippen LogP contribution in [0.5, 0.6) is 0 Å². The number of halogens is 1. The van der Waals surface area contributed by atoms with E-state index in [0.717, 1.165) is 39.9 Å². The molecule has 0 spiro atoms. The topological polar surface area (TPSA) is 54.7 Å². The number of nitrogens with zero attached hydrogens (tertiary/aromatic N) is 1. The van der Waals surface area contributed by atoms with Gasteiger partial charge in [0.15, 0.2) is 0 Å². The average Bonchev–Trinajstić information content (AvgIpc) is 2.80. The van der Waals surface area contributed by atoms with Gasteiger partial charge in [0, 0.05) is 16.6 Å². The van der Waals surface area contributed by atoms with Crippen LogP contribution in [-0.4, -0.2) is 9.97 Å². The fourth-order valence-electron chi connectivity index (χ4n) is 2.43. The Morgan fingerprint density at radius 1 is 1.20 bits per heavy atom. The lowest BCUT2D eigenvalue weighted by Crippen LogP contribution is -1.94. The quantitative estimate of drug-likeness (QED) is 0.713. The second-order valence-electron chi connectivity index (χ2n) is 5.05. The molecule has 0 amide bonds. The molecule has 3 nitrogen and oxygen atoms in total. The van der Waals surface area contributed by atoms with Crippen LogP contribution in [0.2, 0.25) is 0 Å². The third-order valence-corrected chi connectivity index (χ3v) is 3.85. The minimum absolute atomic E-state index is 0.812. The zero-order valence-corrected chi connectivity index (χ0v) is 12.9. The molecule has 102 valence electrons. The molecule has 1 aromatic heterocycles. The molecule has 4 heteroatoms. The van der Waals surface area contributed by atoms with Gasteiger partial charge in [-0.15, -0.1) is 0 Å². The largest absolute Gasteiger partial charge is 0.399 e. The number of aryl methyl sites for hydroxylation is 3. The van der Waals surface area contributed by atoms with Crippen LogP contribution in [0, 0.1) is 6.92 Å². The highest BCUT2D eigenvalue weighted by Gasteiger charge is 2.06. The fourth-order valence-corrected chi connectivity index (χ4v) is 3.00. The van der Waals surface area contributed by atoms with Crippen molar-refractivity contribution in [2.75, 3.05) is 5.73 Å². The summed E-state index contributed by atoms with van der Waals surface area (Å²) >= 11 is 3.51. The SMILES string of the molecule is Cc1cc(Br)cc2[nH]c(CCc3cccc(N)c3)nc12. The number of fused-ring (bicyclic) bond motifs is 1. The Kier molecular flexibility index (Phi) is 3.49. The number of aromatic nitrogens is 2. The first kappa shape index (κ1) is 13.2. The fraction of sp³-hybridized carbons (Fsp3) is 0.188. The number of nitrogen functional groups attached to an aromatic ring is 1. The van der Waals surface area contributed by atoms with E-state index in [2.05, 4.69) is 51.0 Å². The molecule has 20 heavy (non-hydrogen) atoms. The molecule has 0 aliphatic carbocycles. The Hall–Kier alpha value is -1.81. The molecule has 3 rings (SSSR count). The van der Waals surface area contributed by atoms with Crippen LogP contribution in [0.4, 0.5) is 5.69 Å². The number of hydrogen-bond acceptors (Lipinski definition) is 2. The number of H-pyrrole nitrogens is 1. The predicted molar refractivity (Wildman–Crippen MR) is 86.8 cm³/mol. The summed E-state index contributed by atoms with van der Waals surface area (Å²) in [5.41, 5.74) is 11.2.